The first kappa shape index (κ1) is 16.2. The van der Waals surface area contributed by atoms with E-state index in [4.69, 9.17) is 0 Å². The van der Waals surface area contributed by atoms with Crippen LogP contribution in [0.15, 0.2) is 18.5 Å². The molecule has 0 spiro atoms. The van der Waals surface area contributed by atoms with E-state index in [1.807, 2.05) is 18.5 Å². The Morgan fingerprint density at radius 2 is 1.62 bits per heavy atom. The summed E-state index contributed by atoms with van der Waals surface area (Å²) in [5.41, 5.74) is 0. The van der Waals surface area contributed by atoms with Crippen molar-refractivity contribution in [1.29, 1.82) is 0 Å². The highest BCUT2D eigenvalue weighted by atomic mass is 15.3. The number of piperidine rings is 1. The largest absolute Gasteiger partial charge is 0.340 e. The van der Waals surface area contributed by atoms with E-state index in [0.29, 0.717) is 0 Å². The van der Waals surface area contributed by atoms with Gasteiger partial charge in [0.25, 0.3) is 0 Å². The van der Waals surface area contributed by atoms with Crippen LogP contribution in [0, 0.1) is 5.92 Å². The molecule has 0 amide bonds. The van der Waals surface area contributed by atoms with Gasteiger partial charge in [-0.05, 0) is 39.0 Å². The molecule has 0 radical (unpaired) electrons. The molecule has 3 aliphatic heterocycles. The standard InChI is InChI=1S/C18H30N6/c1-21-7-3-17(4-8-21)23-11-9-22(10-12-23)13-16-14-24(15-16)18-19-5-2-6-20-18/h2,5-6,16-17H,3-4,7-15H2,1H3. The SMILES string of the molecule is CN1CCC(N2CCN(CC3CN(c4ncccn4)C3)CC2)CC1. The molecule has 132 valence electrons. The third-order valence-electron chi connectivity index (χ3n) is 5.92. The third-order valence-corrected chi connectivity index (χ3v) is 5.92. The van der Waals surface area contributed by atoms with Crippen LogP contribution in [0.3, 0.4) is 0 Å². The van der Waals surface area contributed by atoms with Crippen LogP contribution in [0.2, 0.25) is 0 Å². The lowest BCUT2D eigenvalue weighted by Crippen LogP contribution is -2.57. The second-order valence-electron chi connectivity index (χ2n) is 7.69. The van der Waals surface area contributed by atoms with Crippen molar-refractivity contribution in [3.8, 4) is 0 Å². The van der Waals surface area contributed by atoms with Crippen LogP contribution in [0.25, 0.3) is 0 Å². The van der Waals surface area contributed by atoms with Crippen LogP contribution in [0.1, 0.15) is 12.8 Å². The minimum atomic E-state index is 0.781. The second kappa shape index (κ2) is 7.33. The molecular weight excluding hydrogens is 300 g/mol. The number of anilines is 1. The van der Waals surface area contributed by atoms with Crippen LogP contribution in [-0.2, 0) is 0 Å². The highest BCUT2D eigenvalue weighted by Gasteiger charge is 2.32. The van der Waals surface area contributed by atoms with Crippen LogP contribution in [0.4, 0.5) is 5.95 Å². The fraction of sp³-hybridized carbons (Fsp3) is 0.778. The molecule has 4 heterocycles. The molecule has 0 aromatic carbocycles. The van der Waals surface area contributed by atoms with Gasteiger partial charge in [-0.1, -0.05) is 0 Å². The molecule has 1 aromatic rings. The van der Waals surface area contributed by atoms with Crippen molar-refractivity contribution in [2.45, 2.75) is 18.9 Å². The molecule has 0 N–H and O–H groups in total. The molecule has 1 aromatic heterocycles. The zero-order chi connectivity index (χ0) is 16.4. The van der Waals surface area contributed by atoms with Crippen molar-refractivity contribution in [2.75, 3.05) is 70.9 Å². The molecule has 3 saturated heterocycles. The fourth-order valence-corrected chi connectivity index (χ4v) is 4.34. The number of aromatic nitrogens is 2. The Hall–Kier alpha value is -1.24. The monoisotopic (exact) mass is 330 g/mol. The van der Waals surface area contributed by atoms with E-state index < -0.39 is 0 Å². The van der Waals surface area contributed by atoms with Gasteiger partial charge in [0.15, 0.2) is 0 Å². The average molecular weight is 330 g/mol. The molecule has 0 saturated carbocycles. The predicted octanol–water partition coefficient (Wildman–Crippen LogP) is 0.625. The maximum absolute atomic E-state index is 4.34. The molecule has 6 heteroatoms. The van der Waals surface area contributed by atoms with Gasteiger partial charge >= 0.3 is 0 Å². The summed E-state index contributed by atoms with van der Waals surface area (Å²) in [6.07, 6.45) is 6.37. The Labute approximate surface area is 145 Å². The first-order valence-corrected chi connectivity index (χ1v) is 9.45. The number of rotatable bonds is 4. The molecule has 24 heavy (non-hydrogen) atoms. The Balaban J connectivity index is 1.17. The predicted molar refractivity (Wildman–Crippen MR) is 96.3 cm³/mol. The van der Waals surface area contributed by atoms with Gasteiger partial charge in [-0.25, -0.2) is 9.97 Å². The van der Waals surface area contributed by atoms with Crippen molar-refractivity contribution in [3.05, 3.63) is 18.5 Å². The maximum atomic E-state index is 4.34. The summed E-state index contributed by atoms with van der Waals surface area (Å²) in [7, 11) is 2.25. The Morgan fingerprint density at radius 3 is 2.29 bits per heavy atom. The van der Waals surface area contributed by atoms with Crippen molar-refractivity contribution in [3.63, 3.8) is 0 Å². The van der Waals surface area contributed by atoms with E-state index in [9.17, 15) is 0 Å². The first-order valence-electron chi connectivity index (χ1n) is 9.45. The smallest absolute Gasteiger partial charge is 0.225 e. The fourth-order valence-electron chi connectivity index (χ4n) is 4.34. The minimum absolute atomic E-state index is 0.781. The van der Waals surface area contributed by atoms with E-state index in [1.165, 1.54) is 58.7 Å². The van der Waals surface area contributed by atoms with E-state index >= 15 is 0 Å². The summed E-state index contributed by atoms with van der Waals surface area (Å²) >= 11 is 0. The van der Waals surface area contributed by atoms with E-state index in [-0.39, 0.29) is 0 Å². The van der Waals surface area contributed by atoms with Gasteiger partial charge in [0, 0.05) is 70.2 Å². The Bertz CT molecular complexity index is 502. The molecule has 3 aliphatic rings. The van der Waals surface area contributed by atoms with Gasteiger partial charge in [-0.2, -0.15) is 0 Å². The molecule has 0 unspecified atom stereocenters. The molecule has 0 aliphatic carbocycles. The van der Waals surface area contributed by atoms with Gasteiger partial charge in [0.2, 0.25) is 5.95 Å². The van der Waals surface area contributed by atoms with Crippen LogP contribution < -0.4 is 4.90 Å². The average Bonchev–Trinajstić information content (AvgIpc) is 2.60. The molecule has 6 nitrogen and oxygen atoms in total. The van der Waals surface area contributed by atoms with Gasteiger partial charge in [0.1, 0.15) is 0 Å². The number of hydrogen-bond donors (Lipinski definition) is 0. The lowest BCUT2D eigenvalue weighted by atomic mass is 9.99. The zero-order valence-corrected chi connectivity index (χ0v) is 14.8. The summed E-state index contributed by atoms with van der Waals surface area (Å²) in [5.74, 6) is 1.67. The first-order chi connectivity index (χ1) is 11.8. The molecular formula is C18H30N6. The minimum Gasteiger partial charge on any atom is -0.340 e. The van der Waals surface area contributed by atoms with E-state index in [0.717, 1.165) is 31.0 Å². The lowest BCUT2D eigenvalue weighted by molar-refractivity contribution is 0.0562. The lowest BCUT2D eigenvalue weighted by Gasteiger charge is -2.45. The Morgan fingerprint density at radius 1 is 0.958 bits per heavy atom. The normalized spacial score (nSPS) is 25.8. The number of nitrogens with zero attached hydrogens (tertiary/aromatic N) is 6. The summed E-state index contributed by atoms with van der Waals surface area (Å²) in [5, 5.41) is 0. The second-order valence-corrected chi connectivity index (χ2v) is 7.69. The highest BCUT2D eigenvalue weighted by molar-refractivity contribution is 5.32. The molecule has 3 fully saturated rings. The van der Waals surface area contributed by atoms with Gasteiger partial charge in [-0.15, -0.1) is 0 Å². The van der Waals surface area contributed by atoms with Gasteiger partial charge < -0.3 is 14.7 Å². The van der Waals surface area contributed by atoms with Crippen LogP contribution in [-0.4, -0.2) is 96.7 Å². The molecule has 0 bridgehead atoms. The molecule has 0 atom stereocenters. The van der Waals surface area contributed by atoms with Crippen molar-refractivity contribution in [2.24, 2.45) is 5.92 Å². The third kappa shape index (κ3) is 3.71. The van der Waals surface area contributed by atoms with Crippen molar-refractivity contribution in [1.82, 2.24) is 24.7 Å². The topological polar surface area (TPSA) is 38.7 Å². The zero-order valence-electron chi connectivity index (χ0n) is 14.8. The highest BCUT2D eigenvalue weighted by Crippen LogP contribution is 2.23. The quantitative estimate of drug-likeness (QED) is 0.806. The van der Waals surface area contributed by atoms with Crippen molar-refractivity contribution < 1.29 is 0 Å². The molecule has 4 rings (SSSR count). The summed E-state index contributed by atoms with van der Waals surface area (Å²) in [4.78, 5) is 18.8. The number of piperazine rings is 1. The number of likely N-dealkylation sites (tertiary alicyclic amines) is 1. The van der Waals surface area contributed by atoms with E-state index in [1.54, 1.807) is 0 Å². The van der Waals surface area contributed by atoms with E-state index in [2.05, 4.69) is 36.6 Å². The van der Waals surface area contributed by atoms with Gasteiger partial charge in [0.05, 0.1) is 0 Å². The summed E-state index contributed by atoms with van der Waals surface area (Å²) < 4.78 is 0. The maximum Gasteiger partial charge on any atom is 0.225 e. The van der Waals surface area contributed by atoms with Crippen LogP contribution in [0.5, 0.6) is 0 Å². The summed E-state index contributed by atoms with van der Waals surface area (Å²) in [6, 6.07) is 2.71. The Kier molecular flexibility index (Phi) is 4.96. The van der Waals surface area contributed by atoms with Crippen LogP contribution >= 0.6 is 0 Å². The summed E-state index contributed by atoms with van der Waals surface area (Å²) in [6.45, 7) is 11.0. The van der Waals surface area contributed by atoms with Crippen molar-refractivity contribution >= 4 is 5.95 Å². The van der Waals surface area contributed by atoms with Gasteiger partial charge in [-0.3, -0.25) is 4.90 Å². The number of hydrogen-bond acceptors (Lipinski definition) is 6.